The van der Waals surface area contributed by atoms with Gasteiger partial charge in [0, 0.05) is 35.8 Å². The van der Waals surface area contributed by atoms with E-state index in [1.54, 1.807) is 6.92 Å². The summed E-state index contributed by atoms with van der Waals surface area (Å²) < 4.78 is 22.3. The summed E-state index contributed by atoms with van der Waals surface area (Å²) in [4.78, 5) is 15.0. The summed E-state index contributed by atoms with van der Waals surface area (Å²) in [7, 11) is -3.08. The molecular weight excluding hydrogens is 288 g/mol. The van der Waals surface area contributed by atoms with Gasteiger partial charge in [0.1, 0.15) is 9.84 Å². The number of para-hydroxylation sites is 1. The van der Waals surface area contributed by atoms with Crippen molar-refractivity contribution in [2.45, 2.75) is 25.8 Å². The van der Waals surface area contributed by atoms with Crippen LogP contribution in [0.4, 0.5) is 0 Å². The highest BCUT2D eigenvalue weighted by molar-refractivity contribution is 7.90. The van der Waals surface area contributed by atoms with Crippen LogP contribution in [0.2, 0.25) is 0 Å². The number of rotatable bonds is 6. The Balaban J connectivity index is 1.89. The number of H-pyrrole nitrogens is 1. The summed E-state index contributed by atoms with van der Waals surface area (Å²) in [6.45, 7) is 1.70. The molecule has 1 unspecified atom stereocenters. The van der Waals surface area contributed by atoms with E-state index in [-0.39, 0.29) is 17.7 Å². The number of aromatic nitrogens is 1. The molecule has 0 bridgehead atoms. The molecule has 114 valence electrons. The van der Waals surface area contributed by atoms with Crippen LogP contribution in [0.3, 0.4) is 0 Å². The number of hydrogen-bond donors (Lipinski definition) is 2. The van der Waals surface area contributed by atoms with Crippen molar-refractivity contribution < 1.29 is 13.2 Å². The third kappa shape index (κ3) is 4.60. The van der Waals surface area contributed by atoms with E-state index >= 15 is 0 Å². The Kier molecular flexibility index (Phi) is 4.67. The minimum atomic E-state index is -3.08. The lowest BCUT2D eigenvalue weighted by Crippen LogP contribution is -2.37. The van der Waals surface area contributed by atoms with E-state index in [0.29, 0.717) is 12.8 Å². The number of hydrogen-bond acceptors (Lipinski definition) is 3. The summed E-state index contributed by atoms with van der Waals surface area (Å²) in [5.41, 5.74) is 2.15. The molecule has 5 nitrogen and oxygen atoms in total. The van der Waals surface area contributed by atoms with Crippen molar-refractivity contribution in [3.05, 3.63) is 36.0 Å². The Bertz CT molecular complexity index is 734. The molecular formula is C15H20N2O3S. The monoisotopic (exact) mass is 308 g/mol. The molecule has 0 spiro atoms. The maximum atomic E-state index is 11.9. The van der Waals surface area contributed by atoms with Crippen LogP contribution in [0, 0.1) is 0 Å². The second-order valence-corrected chi connectivity index (χ2v) is 7.61. The maximum Gasteiger partial charge on any atom is 0.220 e. The fraction of sp³-hybridized carbons (Fsp3) is 0.400. The van der Waals surface area contributed by atoms with Crippen LogP contribution in [0.1, 0.15) is 18.9 Å². The molecule has 0 saturated heterocycles. The van der Waals surface area contributed by atoms with Crippen LogP contribution < -0.4 is 5.32 Å². The SMILES string of the molecule is CC(CS(C)(=O)=O)NC(=O)CCc1c[nH]c2ccccc12. The Hall–Kier alpha value is -1.82. The highest BCUT2D eigenvalue weighted by Crippen LogP contribution is 2.18. The summed E-state index contributed by atoms with van der Waals surface area (Å²) >= 11 is 0. The van der Waals surface area contributed by atoms with Crippen LogP contribution in [0.5, 0.6) is 0 Å². The van der Waals surface area contributed by atoms with Gasteiger partial charge in [0.2, 0.25) is 5.91 Å². The first-order valence-corrected chi connectivity index (χ1v) is 8.93. The minimum Gasteiger partial charge on any atom is -0.361 e. The second kappa shape index (κ2) is 6.30. The predicted molar refractivity (Wildman–Crippen MR) is 83.9 cm³/mol. The Morgan fingerprint density at radius 2 is 2.05 bits per heavy atom. The summed E-state index contributed by atoms with van der Waals surface area (Å²) in [5, 5.41) is 3.84. The fourth-order valence-electron chi connectivity index (χ4n) is 2.43. The second-order valence-electron chi connectivity index (χ2n) is 5.42. The molecule has 2 N–H and O–H groups in total. The smallest absolute Gasteiger partial charge is 0.220 e. The van der Waals surface area contributed by atoms with Gasteiger partial charge in [-0.2, -0.15) is 0 Å². The lowest BCUT2D eigenvalue weighted by molar-refractivity contribution is -0.121. The molecule has 0 saturated carbocycles. The number of aromatic amines is 1. The van der Waals surface area contributed by atoms with E-state index in [4.69, 9.17) is 0 Å². The van der Waals surface area contributed by atoms with Crippen LogP contribution in [0.15, 0.2) is 30.5 Å². The third-order valence-electron chi connectivity index (χ3n) is 3.26. The van der Waals surface area contributed by atoms with Crippen molar-refractivity contribution >= 4 is 26.6 Å². The lowest BCUT2D eigenvalue weighted by atomic mass is 10.1. The zero-order valence-corrected chi connectivity index (χ0v) is 13.0. The lowest BCUT2D eigenvalue weighted by Gasteiger charge is -2.12. The molecule has 0 radical (unpaired) electrons. The van der Waals surface area contributed by atoms with Gasteiger partial charge in [0.15, 0.2) is 0 Å². The maximum absolute atomic E-state index is 11.9. The highest BCUT2D eigenvalue weighted by atomic mass is 32.2. The van der Waals surface area contributed by atoms with Crippen LogP contribution in [0.25, 0.3) is 10.9 Å². The summed E-state index contributed by atoms with van der Waals surface area (Å²) in [6, 6.07) is 7.57. The zero-order chi connectivity index (χ0) is 15.5. The number of aryl methyl sites for hydroxylation is 1. The molecule has 1 atom stereocenters. The Morgan fingerprint density at radius 1 is 1.33 bits per heavy atom. The molecule has 1 heterocycles. The third-order valence-corrected chi connectivity index (χ3v) is 4.36. The molecule has 0 aliphatic heterocycles. The Morgan fingerprint density at radius 3 is 2.76 bits per heavy atom. The summed E-state index contributed by atoms with van der Waals surface area (Å²) in [6.07, 6.45) is 4.05. The molecule has 6 heteroatoms. The van der Waals surface area contributed by atoms with Gasteiger partial charge in [-0.1, -0.05) is 18.2 Å². The van der Waals surface area contributed by atoms with Gasteiger partial charge in [0.25, 0.3) is 0 Å². The van der Waals surface area contributed by atoms with Crippen molar-refractivity contribution in [3.63, 3.8) is 0 Å². The predicted octanol–water partition coefficient (Wildman–Crippen LogP) is 1.65. The number of amides is 1. The average molecular weight is 308 g/mol. The standard InChI is InChI=1S/C15H20N2O3S/c1-11(10-21(2,19)20)17-15(18)8-7-12-9-16-14-6-4-3-5-13(12)14/h3-6,9,11,16H,7-8,10H2,1-2H3,(H,17,18). The van der Waals surface area contributed by atoms with E-state index in [0.717, 1.165) is 16.5 Å². The largest absolute Gasteiger partial charge is 0.361 e. The fourth-order valence-corrected chi connectivity index (χ4v) is 3.42. The number of benzene rings is 1. The number of carbonyl (C=O) groups excluding carboxylic acids is 1. The first kappa shape index (κ1) is 15.6. The molecule has 0 aliphatic rings. The molecule has 2 rings (SSSR count). The van der Waals surface area contributed by atoms with Crippen molar-refractivity contribution in [3.8, 4) is 0 Å². The normalized spacial score (nSPS) is 13.2. The van der Waals surface area contributed by atoms with E-state index in [9.17, 15) is 13.2 Å². The van der Waals surface area contributed by atoms with Gasteiger partial charge in [-0.15, -0.1) is 0 Å². The van der Waals surface area contributed by atoms with E-state index < -0.39 is 9.84 Å². The highest BCUT2D eigenvalue weighted by Gasteiger charge is 2.13. The van der Waals surface area contributed by atoms with Crippen molar-refractivity contribution in [2.75, 3.05) is 12.0 Å². The number of nitrogens with one attached hydrogen (secondary N) is 2. The molecule has 0 fully saturated rings. The van der Waals surface area contributed by atoms with Crippen molar-refractivity contribution in [2.24, 2.45) is 0 Å². The number of fused-ring (bicyclic) bond motifs is 1. The molecule has 0 aliphatic carbocycles. The number of sulfone groups is 1. The van der Waals surface area contributed by atoms with Crippen LogP contribution >= 0.6 is 0 Å². The summed E-state index contributed by atoms with van der Waals surface area (Å²) in [5.74, 6) is -0.164. The van der Waals surface area contributed by atoms with Crippen LogP contribution in [-0.2, 0) is 21.1 Å². The quantitative estimate of drug-likeness (QED) is 0.851. The van der Waals surface area contributed by atoms with E-state index in [1.807, 2.05) is 30.5 Å². The molecule has 1 aromatic heterocycles. The molecule has 21 heavy (non-hydrogen) atoms. The minimum absolute atomic E-state index is 0.0359. The van der Waals surface area contributed by atoms with Crippen LogP contribution in [-0.4, -0.2) is 37.4 Å². The van der Waals surface area contributed by atoms with Gasteiger partial charge in [-0.3, -0.25) is 4.79 Å². The van der Waals surface area contributed by atoms with Gasteiger partial charge < -0.3 is 10.3 Å². The number of carbonyl (C=O) groups is 1. The first-order valence-electron chi connectivity index (χ1n) is 6.87. The van der Waals surface area contributed by atoms with Gasteiger partial charge >= 0.3 is 0 Å². The zero-order valence-electron chi connectivity index (χ0n) is 12.2. The Labute approximate surface area is 124 Å². The average Bonchev–Trinajstić information content (AvgIpc) is 2.77. The molecule has 1 aromatic carbocycles. The van der Waals surface area contributed by atoms with Gasteiger partial charge in [-0.05, 0) is 25.0 Å². The van der Waals surface area contributed by atoms with Gasteiger partial charge in [-0.25, -0.2) is 8.42 Å². The molecule has 2 aromatic rings. The topological polar surface area (TPSA) is 79.0 Å². The van der Waals surface area contributed by atoms with Gasteiger partial charge in [0.05, 0.1) is 5.75 Å². The van der Waals surface area contributed by atoms with Crippen molar-refractivity contribution in [1.82, 2.24) is 10.3 Å². The first-order chi connectivity index (χ1) is 9.85. The molecule has 1 amide bonds. The van der Waals surface area contributed by atoms with E-state index in [2.05, 4.69) is 10.3 Å². The van der Waals surface area contributed by atoms with E-state index in [1.165, 1.54) is 6.26 Å². The van der Waals surface area contributed by atoms with Crippen molar-refractivity contribution in [1.29, 1.82) is 0 Å².